The molecule has 0 saturated carbocycles. The summed E-state index contributed by atoms with van der Waals surface area (Å²) in [6.07, 6.45) is 8.14. The van der Waals surface area contributed by atoms with E-state index in [9.17, 15) is 9.59 Å². The first-order chi connectivity index (χ1) is 16.1. The molecule has 4 rings (SSSR count). The molecular formula is C27H34N4O2. The number of aromatic amines is 1. The second-order valence-electron chi connectivity index (χ2n) is 9.17. The standard InChI is InChI=1S/C27H34N4O2/c1-21-10-8-15-24(20-21)30-17-9-12-22(16-19-30)11-4-3-7-18-31-27(33)28-26(32)25(29-31)23-13-5-2-6-14-23/h2,5-6,8,10,13-15,20,22H,3-4,7,9,11-12,16-19H2,1H3,(H,28,32,33). The third-order valence-corrected chi connectivity index (χ3v) is 6.63. The molecule has 0 bridgehead atoms. The molecule has 1 aromatic heterocycles. The SMILES string of the molecule is Cc1cccc(N2CCCC(CCCCCn3nc(-c4ccccc4)c(=O)[nH]c3=O)CC2)c1. The van der Waals surface area contributed by atoms with Crippen molar-refractivity contribution in [3.8, 4) is 11.3 Å². The van der Waals surface area contributed by atoms with Gasteiger partial charge in [-0.1, -0.05) is 61.7 Å². The van der Waals surface area contributed by atoms with E-state index in [1.54, 1.807) is 0 Å². The fourth-order valence-electron chi connectivity index (χ4n) is 4.78. The van der Waals surface area contributed by atoms with Gasteiger partial charge >= 0.3 is 5.69 Å². The van der Waals surface area contributed by atoms with Crippen LogP contribution in [0, 0.1) is 12.8 Å². The smallest absolute Gasteiger partial charge is 0.344 e. The van der Waals surface area contributed by atoms with Crippen molar-refractivity contribution in [3.05, 3.63) is 81.0 Å². The number of benzene rings is 2. The Morgan fingerprint density at radius 1 is 0.970 bits per heavy atom. The molecule has 6 nitrogen and oxygen atoms in total. The van der Waals surface area contributed by atoms with Crippen molar-refractivity contribution in [3.63, 3.8) is 0 Å². The van der Waals surface area contributed by atoms with Gasteiger partial charge in [0.05, 0.1) is 0 Å². The Morgan fingerprint density at radius 3 is 2.64 bits per heavy atom. The van der Waals surface area contributed by atoms with Crippen LogP contribution in [-0.4, -0.2) is 27.9 Å². The largest absolute Gasteiger partial charge is 0.372 e. The van der Waals surface area contributed by atoms with Gasteiger partial charge < -0.3 is 4.90 Å². The summed E-state index contributed by atoms with van der Waals surface area (Å²) in [5.41, 5.74) is 2.83. The highest BCUT2D eigenvalue weighted by molar-refractivity contribution is 5.56. The van der Waals surface area contributed by atoms with Crippen LogP contribution in [0.5, 0.6) is 0 Å². The van der Waals surface area contributed by atoms with Crippen molar-refractivity contribution in [1.82, 2.24) is 14.8 Å². The predicted octanol–water partition coefficient (Wildman–Crippen LogP) is 4.77. The molecule has 3 aromatic rings. The number of hydrogen-bond acceptors (Lipinski definition) is 4. The predicted molar refractivity (Wildman–Crippen MR) is 134 cm³/mol. The van der Waals surface area contributed by atoms with Crippen molar-refractivity contribution in [1.29, 1.82) is 0 Å². The summed E-state index contributed by atoms with van der Waals surface area (Å²) < 4.78 is 1.40. The van der Waals surface area contributed by atoms with Crippen molar-refractivity contribution in [2.24, 2.45) is 5.92 Å². The molecule has 1 unspecified atom stereocenters. The molecule has 1 N–H and O–H groups in total. The average Bonchev–Trinajstić information content (AvgIpc) is 3.06. The molecule has 1 atom stereocenters. The van der Waals surface area contributed by atoms with E-state index >= 15 is 0 Å². The molecule has 0 radical (unpaired) electrons. The van der Waals surface area contributed by atoms with Crippen LogP contribution in [0.3, 0.4) is 0 Å². The van der Waals surface area contributed by atoms with Crippen molar-refractivity contribution >= 4 is 5.69 Å². The second-order valence-corrected chi connectivity index (χ2v) is 9.17. The van der Waals surface area contributed by atoms with Gasteiger partial charge in [-0.3, -0.25) is 9.78 Å². The van der Waals surface area contributed by atoms with Crippen molar-refractivity contribution in [2.75, 3.05) is 18.0 Å². The van der Waals surface area contributed by atoms with Crippen LogP contribution < -0.4 is 16.1 Å². The lowest BCUT2D eigenvalue weighted by atomic mass is 9.94. The Bertz CT molecular complexity index is 1150. The summed E-state index contributed by atoms with van der Waals surface area (Å²) in [7, 11) is 0. The second kappa shape index (κ2) is 11.1. The van der Waals surface area contributed by atoms with E-state index in [-0.39, 0.29) is 0 Å². The highest BCUT2D eigenvalue weighted by atomic mass is 16.2. The molecule has 1 aliphatic rings. The Labute approximate surface area is 195 Å². The molecule has 1 saturated heterocycles. The third-order valence-electron chi connectivity index (χ3n) is 6.63. The Hall–Kier alpha value is -3.15. The number of aryl methyl sites for hydroxylation is 2. The van der Waals surface area contributed by atoms with E-state index < -0.39 is 11.2 Å². The highest BCUT2D eigenvalue weighted by Gasteiger charge is 2.17. The van der Waals surface area contributed by atoms with Crippen LogP contribution in [0.4, 0.5) is 5.69 Å². The van der Waals surface area contributed by atoms with Crippen LogP contribution in [0.15, 0.2) is 64.2 Å². The topological polar surface area (TPSA) is 71.0 Å². The van der Waals surface area contributed by atoms with Crippen LogP contribution in [-0.2, 0) is 6.54 Å². The van der Waals surface area contributed by atoms with Crippen molar-refractivity contribution < 1.29 is 0 Å². The number of hydrogen-bond donors (Lipinski definition) is 1. The quantitative estimate of drug-likeness (QED) is 0.506. The van der Waals surface area contributed by atoms with Crippen LogP contribution >= 0.6 is 0 Å². The maximum atomic E-state index is 12.2. The summed E-state index contributed by atoms with van der Waals surface area (Å²) in [6, 6.07) is 18.1. The van der Waals surface area contributed by atoms with Crippen molar-refractivity contribution in [2.45, 2.75) is 58.4 Å². The third kappa shape index (κ3) is 6.21. The van der Waals surface area contributed by atoms with Gasteiger partial charge in [-0.25, -0.2) is 9.48 Å². The Morgan fingerprint density at radius 2 is 1.82 bits per heavy atom. The van der Waals surface area contributed by atoms with E-state index in [1.807, 2.05) is 30.3 Å². The van der Waals surface area contributed by atoms with Gasteiger partial charge in [-0.05, 0) is 56.2 Å². The summed E-state index contributed by atoms with van der Waals surface area (Å²) in [6.45, 7) is 4.96. The maximum absolute atomic E-state index is 12.2. The van der Waals surface area contributed by atoms with Gasteiger partial charge in [-0.2, -0.15) is 5.10 Å². The summed E-state index contributed by atoms with van der Waals surface area (Å²) in [5, 5.41) is 4.34. The summed E-state index contributed by atoms with van der Waals surface area (Å²) in [5.74, 6) is 0.776. The van der Waals surface area contributed by atoms with Crippen LogP contribution in [0.2, 0.25) is 0 Å². The molecular weight excluding hydrogens is 412 g/mol. The minimum Gasteiger partial charge on any atom is -0.372 e. The zero-order valence-corrected chi connectivity index (χ0v) is 19.5. The number of H-pyrrole nitrogens is 1. The van der Waals surface area contributed by atoms with Gasteiger partial charge in [0.1, 0.15) is 0 Å². The number of unbranched alkanes of at least 4 members (excludes halogenated alkanes) is 2. The first-order valence-corrected chi connectivity index (χ1v) is 12.2. The lowest BCUT2D eigenvalue weighted by Crippen LogP contribution is -2.33. The van der Waals surface area contributed by atoms with E-state index in [0.29, 0.717) is 12.2 Å². The van der Waals surface area contributed by atoms with Crippen LogP contribution in [0.25, 0.3) is 11.3 Å². The summed E-state index contributed by atoms with van der Waals surface area (Å²) >= 11 is 0. The fourth-order valence-corrected chi connectivity index (χ4v) is 4.78. The minimum atomic E-state index is -0.435. The normalized spacial score (nSPS) is 16.5. The zero-order chi connectivity index (χ0) is 23.0. The number of aromatic nitrogens is 3. The van der Waals surface area contributed by atoms with Gasteiger partial charge in [0.25, 0.3) is 5.56 Å². The van der Waals surface area contributed by atoms with E-state index in [4.69, 9.17) is 0 Å². The van der Waals surface area contributed by atoms with Gasteiger partial charge in [0.15, 0.2) is 5.69 Å². The fraction of sp³-hybridized carbons (Fsp3) is 0.444. The van der Waals surface area contributed by atoms with Gasteiger partial charge in [-0.15, -0.1) is 0 Å². The number of nitrogens with zero attached hydrogens (tertiary/aromatic N) is 3. The average molecular weight is 447 g/mol. The van der Waals surface area contributed by atoms with Crippen LogP contribution in [0.1, 0.15) is 50.5 Å². The Kier molecular flexibility index (Phi) is 7.76. The Balaban J connectivity index is 1.24. The first-order valence-electron chi connectivity index (χ1n) is 12.2. The molecule has 0 spiro atoms. The number of anilines is 1. The molecule has 1 fully saturated rings. The lowest BCUT2D eigenvalue weighted by Gasteiger charge is -2.23. The minimum absolute atomic E-state index is 0.298. The molecule has 0 aliphatic carbocycles. The van der Waals surface area contributed by atoms with Gasteiger partial charge in [0, 0.05) is 30.9 Å². The first kappa shape index (κ1) is 23.0. The van der Waals surface area contributed by atoms with E-state index in [1.165, 1.54) is 48.0 Å². The van der Waals surface area contributed by atoms with E-state index in [2.05, 4.69) is 46.2 Å². The zero-order valence-electron chi connectivity index (χ0n) is 19.5. The molecule has 2 aromatic carbocycles. The monoisotopic (exact) mass is 446 g/mol. The maximum Gasteiger partial charge on any atom is 0.344 e. The molecule has 1 aliphatic heterocycles. The van der Waals surface area contributed by atoms with E-state index in [0.717, 1.165) is 37.4 Å². The highest BCUT2D eigenvalue weighted by Crippen LogP contribution is 2.26. The molecule has 174 valence electrons. The molecule has 33 heavy (non-hydrogen) atoms. The molecule has 0 amide bonds. The van der Waals surface area contributed by atoms with Gasteiger partial charge in [0.2, 0.25) is 0 Å². The molecule has 2 heterocycles. The molecule has 6 heteroatoms. The number of rotatable bonds is 8. The number of nitrogens with one attached hydrogen (secondary N) is 1. The summed E-state index contributed by atoms with van der Waals surface area (Å²) in [4.78, 5) is 29.3. The lowest BCUT2D eigenvalue weighted by molar-refractivity contribution is 0.408.